The predicted octanol–water partition coefficient (Wildman–Crippen LogP) is 2.66. The van der Waals surface area contributed by atoms with Crippen molar-refractivity contribution in [3.8, 4) is 11.1 Å². The molecule has 1 fully saturated rings. The second kappa shape index (κ2) is 7.33. The van der Waals surface area contributed by atoms with Crippen molar-refractivity contribution >= 4 is 11.3 Å². The second-order valence-corrected chi connectivity index (χ2v) is 7.93. The van der Waals surface area contributed by atoms with Gasteiger partial charge in [-0.15, -0.1) is 0 Å². The molecule has 0 amide bonds. The summed E-state index contributed by atoms with van der Waals surface area (Å²) < 4.78 is 3.72. The van der Waals surface area contributed by atoms with Crippen LogP contribution in [0.15, 0.2) is 55.2 Å². The number of hydrogen-bond donors (Lipinski definition) is 1. The van der Waals surface area contributed by atoms with Gasteiger partial charge >= 0.3 is 0 Å². The topological polar surface area (TPSA) is 63.3 Å². The van der Waals surface area contributed by atoms with E-state index in [1.807, 2.05) is 34.8 Å². The van der Waals surface area contributed by atoms with Crippen LogP contribution in [0.25, 0.3) is 16.6 Å². The summed E-state index contributed by atoms with van der Waals surface area (Å²) >= 11 is 0. The maximum Gasteiger partial charge on any atom is 0.156 e. The van der Waals surface area contributed by atoms with Gasteiger partial charge in [0.1, 0.15) is 11.8 Å². The fraction of sp³-hybridized carbons (Fsp3) is 0.318. The zero-order valence-corrected chi connectivity index (χ0v) is 16.8. The van der Waals surface area contributed by atoms with E-state index < -0.39 is 0 Å². The molecule has 0 atom stereocenters. The number of hydrogen-bond acceptors (Lipinski definition) is 5. The van der Waals surface area contributed by atoms with Crippen LogP contribution >= 0.6 is 0 Å². The fourth-order valence-corrected chi connectivity index (χ4v) is 3.89. The standard InChI is InChI=1S/C22H25N7/c1-16-3-5-17(6-4-16)8-23-9-18-11-28(12-18)22-21-7-19(14-29(21)26-15-24-22)20-10-25-27(2)13-20/h3-7,10,13-15,18,23H,8-9,11-12H2,1-2H3. The van der Waals surface area contributed by atoms with Crippen molar-refractivity contribution in [1.29, 1.82) is 0 Å². The Morgan fingerprint density at radius 3 is 2.66 bits per heavy atom. The molecule has 29 heavy (non-hydrogen) atoms. The van der Waals surface area contributed by atoms with E-state index in [9.17, 15) is 0 Å². The van der Waals surface area contributed by atoms with Crippen LogP contribution in [0.4, 0.5) is 5.82 Å². The summed E-state index contributed by atoms with van der Waals surface area (Å²) in [6.45, 7) is 6.09. The molecule has 0 spiro atoms. The van der Waals surface area contributed by atoms with Gasteiger partial charge in [0, 0.05) is 62.7 Å². The molecule has 1 saturated heterocycles. The quantitative estimate of drug-likeness (QED) is 0.551. The Morgan fingerprint density at radius 2 is 1.90 bits per heavy atom. The zero-order valence-electron chi connectivity index (χ0n) is 16.8. The first kappa shape index (κ1) is 17.9. The lowest BCUT2D eigenvalue weighted by Gasteiger charge is -2.40. The van der Waals surface area contributed by atoms with Crippen LogP contribution in [0.2, 0.25) is 0 Å². The van der Waals surface area contributed by atoms with Gasteiger partial charge in [-0.25, -0.2) is 9.50 Å². The third-order valence-electron chi connectivity index (χ3n) is 5.56. The van der Waals surface area contributed by atoms with Crippen LogP contribution in [0.5, 0.6) is 0 Å². The number of nitrogens with zero attached hydrogens (tertiary/aromatic N) is 6. The van der Waals surface area contributed by atoms with Crippen molar-refractivity contribution in [1.82, 2.24) is 29.7 Å². The van der Waals surface area contributed by atoms with E-state index in [0.717, 1.165) is 48.6 Å². The first-order chi connectivity index (χ1) is 14.2. The van der Waals surface area contributed by atoms with Gasteiger partial charge in [-0.2, -0.15) is 10.2 Å². The molecule has 0 unspecified atom stereocenters. The van der Waals surface area contributed by atoms with Crippen LogP contribution in [0, 0.1) is 12.8 Å². The fourth-order valence-electron chi connectivity index (χ4n) is 3.89. The van der Waals surface area contributed by atoms with E-state index in [-0.39, 0.29) is 0 Å². The molecular weight excluding hydrogens is 362 g/mol. The Morgan fingerprint density at radius 1 is 1.07 bits per heavy atom. The Labute approximate surface area is 170 Å². The Hall–Kier alpha value is -3.19. The number of rotatable bonds is 6. The van der Waals surface area contributed by atoms with Crippen LogP contribution < -0.4 is 10.2 Å². The third kappa shape index (κ3) is 3.61. The van der Waals surface area contributed by atoms with Crippen molar-refractivity contribution in [3.05, 3.63) is 66.4 Å². The minimum atomic E-state index is 0.642. The predicted molar refractivity (Wildman–Crippen MR) is 114 cm³/mol. The maximum absolute atomic E-state index is 4.56. The van der Waals surface area contributed by atoms with Crippen molar-refractivity contribution in [3.63, 3.8) is 0 Å². The molecule has 1 aliphatic heterocycles. The SMILES string of the molecule is Cc1ccc(CNCC2CN(c3ncnn4cc(-c5cnn(C)c5)cc34)C2)cc1. The average molecular weight is 387 g/mol. The molecule has 0 aliphatic carbocycles. The monoisotopic (exact) mass is 387 g/mol. The summed E-state index contributed by atoms with van der Waals surface area (Å²) in [4.78, 5) is 6.90. The summed E-state index contributed by atoms with van der Waals surface area (Å²) in [5, 5.41) is 12.2. The molecule has 1 aliphatic rings. The lowest BCUT2D eigenvalue weighted by molar-refractivity contribution is 0.382. The molecule has 148 valence electrons. The van der Waals surface area contributed by atoms with E-state index >= 15 is 0 Å². The lowest BCUT2D eigenvalue weighted by Crippen LogP contribution is -2.51. The molecule has 7 nitrogen and oxygen atoms in total. The number of fused-ring (bicyclic) bond motifs is 1. The van der Waals surface area contributed by atoms with Crippen LogP contribution in [0.1, 0.15) is 11.1 Å². The number of benzene rings is 1. The van der Waals surface area contributed by atoms with Gasteiger partial charge in [-0.3, -0.25) is 4.68 Å². The van der Waals surface area contributed by atoms with E-state index in [1.165, 1.54) is 11.1 Å². The van der Waals surface area contributed by atoms with E-state index in [0.29, 0.717) is 5.92 Å². The van der Waals surface area contributed by atoms with Gasteiger partial charge in [0.2, 0.25) is 0 Å². The largest absolute Gasteiger partial charge is 0.354 e. The molecule has 0 bridgehead atoms. The van der Waals surface area contributed by atoms with E-state index in [2.05, 4.69) is 62.7 Å². The Bertz CT molecular complexity index is 1120. The zero-order chi connectivity index (χ0) is 19.8. The second-order valence-electron chi connectivity index (χ2n) is 7.93. The summed E-state index contributed by atoms with van der Waals surface area (Å²) in [7, 11) is 1.93. The van der Waals surface area contributed by atoms with Crippen molar-refractivity contribution in [2.24, 2.45) is 13.0 Å². The van der Waals surface area contributed by atoms with Gasteiger partial charge < -0.3 is 10.2 Å². The third-order valence-corrected chi connectivity index (χ3v) is 5.56. The number of aromatic nitrogens is 5. The minimum Gasteiger partial charge on any atom is -0.354 e. The highest BCUT2D eigenvalue weighted by Crippen LogP contribution is 2.30. The van der Waals surface area contributed by atoms with Gasteiger partial charge in [0.25, 0.3) is 0 Å². The number of anilines is 1. The highest BCUT2D eigenvalue weighted by molar-refractivity contribution is 5.77. The van der Waals surface area contributed by atoms with E-state index in [1.54, 1.807) is 6.33 Å². The van der Waals surface area contributed by atoms with Gasteiger partial charge in [-0.05, 0) is 18.6 Å². The summed E-state index contributed by atoms with van der Waals surface area (Å²) in [5.41, 5.74) is 5.87. The molecule has 1 aromatic carbocycles. The summed E-state index contributed by atoms with van der Waals surface area (Å²) in [6.07, 6.45) is 7.57. The summed E-state index contributed by atoms with van der Waals surface area (Å²) in [5.74, 6) is 1.65. The Kier molecular flexibility index (Phi) is 4.52. The molecule has 3 aromatic heterocycles. The lowest BCUT2D eigenvalue weighted by atomic mass is 10.00. The molecule has 0 radical (unpaired) electrons. The van der Waals surface area contributed by atoms with Crippen molar-refractivity contribution in [2.75, 3.05) is 24.5 Å². The maximum atomic E-state index is 4.56. The molecule has 1 N–H and O–H groups in total. The van der Waals surface area contributed by atoms with Gasteiger partial charge in [0.05, 0.1) is 6.20 Å². The normalized spacial score (nSPS) is 14.5. The van der Waals surface area contributed by atoms with Gasteiger partial charge in [0.15, 0.2) is 5.82 Å². The van der Waals surface area contributed by atoms with Crippen LogP contribution in [-0.4, -0.2) is 44.0 Å². The first-order valence-electron chi connectivity index (χ1n) is 9.99. The van der Waals surface area contributed by atoms with Crippen LogP contribution in [-0.2, 0) is 13.6 Å². The Balaban J connectivity index is 1.22. The smallest absolute Gasteiger partial charge is 0.156 e. The molecule has 4 aromatic rings. The molecular formula is C22H25N7. The molecule has 0 saturated carbocycles. The molecule has 4 heterocycles. The average Bonchev–Trinajstić information content (AvgIpc) is 3.31. The molecule has 5 rings (SSSR count). The highest BCUT2D eigenvalue weighted by atomic mass is 15.3. The highest BCUT2D eigenvalue weighted by Gasteiger charge is 2.29. The van der Waals surface area contributed by atoms with Crippen molar-refractivity contribution < 1.29 is 0 Å². The number of nitrogens with one attached hydrogen (secondary N) is 1. The van der Waals surface area contributed by atoms with Gasteiger partial charge in [-0.1, -0.05) is 29.8 Å². The number of aryl methyl sites for hydroxylation is 2. The summed E-state index contributed by atoms with van der Waals surface area (Å²) in [6, 6.07) is 10.9. The van der Waals surface area contributed by atoms with Crippen LogP contribution in [0.3, 0.4) is 0 Å². The minimum absolute atomic E-state index is 0.642. The first-order valence-corrected chi connectivity index (χ1v) is 9.99. The van der Waals surface area contributed by atoms with E-state index in [4.69, 9.17) is 0 Å². The van der Waals surface area contributed by atoms with Crippen molar-refractivity contribution in [2.45, 2.75) is 13.5 Å². The molecule has 7 heteroatoms.